The quantitative estimate of drug-likeness (QED) is 0.401. The van der Waals surface area contributed by atoms with Gasteiger partial charge in [-0.2, -0.15) is 0 Å². The Hall–Kier alpha value is -1.11. The first kappa shape index (κ1) is 7.89. The first-order chi connectivity index (χ1) is 4.31. The van der Waals surface area contributed by atoms with Gasteiger partial charge >= 0.3 is 0 Å². The summed E-state index contributed by atoms with van der Waals surface area (Å²) in [5.74, 6) is 0. The van der Waals surface area contributed by atoms with Crippen molar-refractivity contribution in [3.05, 3.63) is 36.6 Å². The standard InChI is InChI=1S/C8H11N/c1-4-5-6-7-8(2)9-3/h4-7H,1,3H2,2H3/b6-5+,8-7+. The molecule has 0 saturated heterocycles. The maximum atomic E-state index is 3.69. The summed E-state index contributed by atoms with van der Waals surface area (Å²) in [6, 6.07) is 0. The summed E-state index contributed by atoms with van der Waals surface area (Å²) in [6.07, 6.45) is 7.30. The molecule has 0 aromatic heterocycles. The topological polar surface area (TPSA) is 12.4 Å². The smallest absolute Gasteiger partial charge is 0.0365 e. The van der Waals surface area contributed by atoms with Crippen molar-refractivity contribution < 1.29 is 0 Å². The molecular formula is C8H11N. The molecule has 0 rings (SSSR count). The number of rotatable bonds is 3. The third-order valence-electron chi connectivity index (χ3n) is 0.834. The molecule has 0 radical (unpaired) electrons. The van der Waals surface area contributed by atoms with Crippen molar-refractivity contribution in [3.63, 3.8) is 0 Å². The highest BCUT2D eigenvalue weighted by Crippen LogP contribution is 1.91. The number of allylic oxidation sites excluding steroid dienone is 5. The lowest BCUT2D eigenvalue weighted by atomic mass is 10.4. The molecule has 0 aliphatic carbocycles. The lowest BCUT2D eigenvalue weighted by Gasteiger charge is -1.81. The lowest BCUT2D eigenvalue weighted by molar-refractivity contribution is 1.33. The van der Waals surface area contributed by atoms with Crippen molar-refractivity contribution in [1.29, 1.82) is 0 Å². The van der Waals surface area contributed by atoms with Gasteiger partial charge in [0.25, 0.3) is 0 Å². The van der Waals surface area contributed by atoms with Crippen LogP contribution in [-0.4, -0.2) is 6.72 Å². The Morgan fingerprint density at radius 3 is 2.56 bits per heavy atom. The molecule has 0 aromatic carbocycles. The molecule has 0 N–H and O–H groups in total. The van der Waals surface area contributed by atoms with Crippen LogP contribution in [0.4, 0.5) is 0 Å². The van der Waals surface area contributed by atoms with Gasteiger partial charge in [0.2, 0.25) is 0 Å². The van der Waals surface area contributed by atoms with Crippen LogP contribution in [0.15, 0.2) is 41.6 Å². The summed E-state index contributed by atoms with van der Waals surface area (Å²) >= 11 is 0. The summed E-state index contributed by atoms with van der Waals surface area (Å²) in [6.45, 7) is 8.77. The van der Waals surface area contributed by atoms with Crippen LogP contribution in [0, 0.1) is 0 Å². The molecule has 9 heavy (non-hydrogen) atoms. The van der Waals surface area contributed by atoms with Crippen LogP contribution < -0.4 is 0 Å². The Morgan fingerprint density at radius 1 is 1.44 bits per heavy atom. The van der Waals surface area contributed by atoms with Crippen molar-refractivity contribution in [2.75, 3.05) is 0 Å². The molecule has 0 saturated carbocycles. The zero-order valence-corrected chi connectivity index (χ0v) is 5.67. The van der Waals surface area contributed by atoms with Crippen molar-refractivity contribution in [1.82, 2.24) is 0 Å². The molecule has 0 aromatic rings. The van der Waals surface area contributed by atoms with Gasteiger partial charge in [0.05, 0.1) is 0 Å². The summed E-state index contributed by atoms with van der Waals surface area (Å²) in [5, 5.41) is 0. The van der Waals surface area contributed by atoms with Crippen LogP contribution in [0.5, 0.6) is 0 Å². The Balaban J connectivity index is 3.81. The normalized spacial score (nSPS) is 11.9. The fourth-order valence-electron chi connectivity index (χ4n) is 0.326. The highest BCUT2D eigenvalue weighted by atomic mass is 14.7. The number of hydrogen-bond donors (Lipinski definition) is 0. The second kappa shape index (κ2) is 5.04. The minimum Gasteiger partial charge on any atom is -0.269 e. The summed E-state index contributed by atoms with van der Waals surface area (Å²) in [4.78, 5) is 3.69. The molecule has 48 valence electrons. The molecule has 0 bridgehead atoms. The zero-order valence-electron chi connectivity index (χ0n) is 5.67. The Bertz CT molecular complexity index is 152. The van der Waals surface area contributed by atoms with Gasteiger partial charge in [-0.05, 0) is 19.7 Å². The van der Waals surface area contributed by atoms with E-state index in [1.807, 2.05) is 25.2 Å². The predicted molar refractivity (Wildman–Crippen MR) is 42.6 cm³/mol. The average molecular weight is 121 g/mol. The van der Waals surface area contributed by atoms with E-state index in [1.54, 1.807) is 6.08 Å². The largest absolute Gasteiger partial charge is 0.269 e. The second-order valence-electron chi connectivity index (χ2n) is 1.59. The van der Waals surface area contributed by atoms with Gasteiger partial charge in [0.15, 0.2) is 0 Å². The Labute approximate surface area is 56.1 Å². The minimum absolute atomic E-state index is 0.910. The van der Waals surface area contributed by atoms with E-state index in [2.05, 4.69) is 18.3 Å². The monoisotopic (exact) mass is 121 g/mol. The maximum absolute atomic E-state index is 3.69. The molecular weight excluding hydrogens is 110 g/mol. The van der Waals surface area contributed by atoms with Crippen LogP contribution in [0.25, 0.3) is 0 Å². The van der Waals surface area contributed by atoms with Gasteiger partial charge < -0.3 is 0 Å². The van der Waals surface area contributed by atoms with Crippen molar-refractivity contribution in [2.45, 2.75) is 6.92 Å². The molecule has 0 unspecified atom stereocenters. The molecule has 0 heterocycles. The Morgan fingerprint density at radius 2 is 2.11 bits per heavy atom. The van der Waals surface area contributed by atoms with E-state index >= 15 is 0 Å². The minimum atomic E-state index is 0.910. The number of hydrogen-bond acceptors (Lipinski definition) is 1. The van der Waals surface area contributed by atoms with Gasteiger partial charge in [-0.15, -0.1) is 0 Å². The van der Waals surface area contributed by atoms with E-state index in [9.17, 15) is 0 Å². The van der Waals surface area contributed by atoms with Crippen LogP contribution in [0.1, 0.15) is 6.92 Å². The Kier molecular flexibility index (Phi) is 4.41. The maximum Gasteiger partial charge on any atom is 0.0365 e. The van der Waals surface area contributed by atoms with E-state index in [1.165, 1.54) is 0 Å². The molecule has 0 aliphatic heterocycles. The summed E-state index contributed by atoms with van der Waals surface area (Å²) in [7, 11) is 0. The first-order valence-corrected chi connectivity index (χ1v) is 2.74. The van der Waals surface area contributed by atoms with E-state index in [0.717, 1.165) is 5.70 Å². The number of aliphatic imine (C=N–C) groups is 1. The number of nitrogens with zero attached hydrogens (tertiary/aromatic N) is 1. The molecule has 1 nitrogen and oxygen atoms in total. The van der Waals surface area contributed by atoms with E-state index in [-0.39, 0.29) is 0 Å². The van der Waals surface area contributed by atoms with Gasteiger partial charge in [0.1, 0.15) is 0 Å². The average Bonchev–Trinajstić information content (AvgIpc) is 1.89. The van der Waals surface area contributed by atoms with Gasteiger partial charge in [-0.3, -0.25) is 4.99 Å². The van der Waals surface area contributed by atoms with Crippen molar-refractivity contribution in [2.24, 2.45) is 4.99 Å². The van der Waals surface area contributed by atoms with Crippen LogP contribution in [0.2, 0.25) is 0 Å². The lowest BCUT2D eigenvalue weighted by Crippen LogP contribution is -1.61. The summed E-state index contributed by atoms with van der Waals surface area (Å²) in [5.41, 5.74) is 0.910. The van der Waals surface area contributed by atoms with Gasteiger partial charge in [-0.1, -0.05) is 24.8 Å². The molecule has 1 heteroatoms. The third kappa shape index (κ3) is 4.75. The van der Waals surface area contributed by atoms with Crippen molar-refractivity contribution >= 4 is 6.72 Å². The van der Waals surface area contributed by atoms with Crippen LogP contribution >= 0.6 is 0 Å². The SMILES string of the molecule is C=C/C=C/C=C(\C)N=C. The van der Waals surface area contributed by atoms with Crippen LogP contribution in [-0.2, 0) is 0 Å². The second-order valence-corrected chi connectivity index (χ2v) is 1.59. The highest BCUT2D eigenvalue weighted by molar-refractivity contribution is 5.29. The van der Waals surface area contributed by atoms with Gasteiger partial charge in [-0.25, -0.2) is 0 Å². The first-order valence-electron chi connectivity index (χ1n) is 2.74. The third-order valence-corrected chi connectivity index (χ3v) is 0.834. The molecule has 0 amide bonds. The molecule has 0 spiro atoms. The summed E-state index contributed by atoms with van der Waals surface area (Å²) < 4.78 is 0. The van der Waals surface area contributed by atoms with E-state index in [0.29, 0.717) is 0 Å². The molecule has 0 atom stereocenters. The predicted octanol–water partition coefficient (Wildman–Crippen LogP) is 2.33. The van der Waals surface area contributed by atoms with E-state index in [4.69, 9.17) is 0 Å². The van der Waals surface area contributed by atoms with Crippen molar-refractivity contribution in [3.8, 4) is 0 Å². The fourth-order valence-corrected chi connectivity index (χ4v) is 0.326. The molecule has 0 aliphatic rings. The highest BCUT2D eigenvalue weighted by Gasteiger charge is 1.71. The van der Waals surface area contributed by atoms with Crippen LogP contribution in [0.3, 0.4) is 0 Å². The zero-order chi connectivity index (χ0) is 7.11. The molecule has 0 fully saturated rings. The van der Waals surface area contributed by atoms with Gasteiger partial charge in [0, 0.05) is 5.70 Å². The fraction of sp³-hybridized carbons (Fsp3) is 0.125. The van der Waals surface area contributed by atoms with E-state index < -0.39 is 0 Å².